The predicted octanol–water partition coefficient (Wildman–Crippen LogP) is 3.27. The summed E-state index contributed by atoms with van der Waals surface area (Å²) in [4.78, 5) is 20.0. The Morgan fingerprint density at radius 1 is 1.16 bits per heavy atom. The van der Waals surface area contributed by atoms with Crippen LogP contribution < -0.4 is 10.6 Å². The maximum absolute atomic E-state index is 11.1. The molecule has 2 aromatic carbocycles. The Bertz CT molecular complexity index is 943. The molecule has 3 rings (SSSR count). The summed E-state index contributed by atoms with van der Waals surface area (Å²) in [5, 5.41) is 25.7. The molecule has 0 aliphatic carbocycles. The first kappa shape index (κ1) is 16.5. The number of aliphatic carboxylic acids is 1. The normalized spacial score (nSPS) is 11.9. The van der Waals surface area contributed by atoms with Crippen molar-refractivity contribution in [1.29, 1.82) is 0 Å². The summed E-state index contributed by atoms with van der Waals surface area (Å²) in [6.07, 6.45) is 0. The van der Waals surface area contributed by atoms with Gasteiger partial charge in [0, 0.05) is 5.39 Å². The van der Waals surface area contributed by atoms with Crippen molar-refractivity contribution in [3.05, 3.63) is 48.0 Å². The highest BCUT2D eigenvalue weighted by molar-refractivity contribution is 5.92. The van der Waals surface area contributed by atoms with Crippen molar-refractivity contribution in [2.24, 2.45) is 0 Å². The van der Waals surface area contributed by atoms with E-state index < -0.39 is 12.0 Å². The van der Waals surface area contributed by atoms with Gasteiger partial charge in [-0.3, -0.25) is 4.79 Å². The average Bonchev–Trinajstić information content (AvgIpc) is 2.58. The topological polar surface area (TPSA) is 107 Å². The molecule has 3 aromatic rings. The molecule has 0 fully saturated rings. The summed E-state index contributed by atoms with van der Waals surface area (Å²) in [6, 6.07) is 11.7. The van der Waals surface area contributed by atoms with Crippen molar-refractivity contribution in [1.82, 2.24) is 9.97 Å². The summed E-state index contributed by atoms with van der Waals surface area (Å²) in [7, 11) is 0. The SMILES string of the molecule is Cc1ccc(O)c(Nc2nc(NC(C)C(=O)O)c3ccccc3n2)c1. The minimum Gasteiger partial charge on any atom is -0.506 e. The van der Waals surface area contributed by atoms with Crippen molar-refractivity contribution in [3.8, 4) is 5.75 Å². The Kier molecular flexibility index (Phi) is 4.38. The number of hydrogen-bond acceptors (Lipinski definition) is 6. The van der Waals surface area contributed by atoms with Gasteiger partial charge in [0.15, 0.2) is 0 Å². The van der Waals surface area contributed by atoms with Crippen LogP contribution in [0.5, 0.6) is 5.75 Å². The highest BCUT2D eigenvalue weighted by Gasteiger charge is 2.15. The molecule has 128 valence electrons. The minimum absolute atomic E-state index is 0.0794. The number of carbonyl (C=O) groups is 1. The van der Waals surface area contributed by atoms with Crippen LogP contribution in [0.2, 0.25) is 0 Å². The molecule has 1 heterocycles. The van der Waals surface area contributed by atoms with Gasteiger partial charge >= 0.3 is 5.97 Å². The number of carboxylic acids is 1. The smallest absolute Gasteiger partial charge is 0.325 e. The Labute approximate surface area is 144 Å². The number of aromatic hydroxyl groups is 1. The predicted molar refractivity (Wildman–Crippen MR) is 96.4 cm³/mol. The second-order valence-corrected chi connectivity index (χ2v) is 5.76. The summed E-state index contributed by atoms with van der Waals surface area (Å²) < 4.78 is 0. The number of nitrogens with one attached hydrogen (secondary N) is 2. The second kappa shape index (κ2) is 6.64. The number of phenolic OH excluding ortho intramolecular Hbond substituents is 1. The second-order valence-electron chi connectivity index (χ2n) is 5.76. The van der Waals surface area contributed by atoms with Gasteiger partial charge in [-0.2, -0.15) is 4.98 Å². The molecule has 0 spiro atoms. The summed E-state index contributed by atoms with van der Waals surface area (Å²) >= 11 is 0. The first-order valence-electron chi connectivity index (χ1n) is 7.77. The van der Waals surface area contributed by atoms with E-state index in [-0.39, 0.29) is 11.7 Å². The first-order valence-corrected chi connectivity index (χ1v) is 7.77. The van der Waals surface area contributed by atoms with Crippen molar-refractivity contribution >= 4 is 34.3 Å². The molecular formula is C18H18N4O3. The number of aryl methyl sites for hydroxylation is 1. The third kappa shape index (κ3) is 3.60. The van der Waals surface area contributed by atoms with Gasteiger partial charge in [0.05, 0.1) is 11.2 Å². The summed E-state index contributed by atoms with van der Waals surface area (Å²) in [6.45, 7) is 3.45. The van der Waals surface area contributed by atoms with Crippen molar-refractivity contribution in [3.63, 3.8) is 0 Å². The van der Waals surface area contributed by atoms with Crippen LogP contribution in [0.4, 0.5) is 17.5 Å². The van der Waals surface area contributed by atoms with Gasteiger partial charge in [-0.15, -0.1) is 0 Å². The zero-order valence-corrected chi connectivity index (χ0v) is 13.8. The number of benzene rings is 2. The Balaban J connectivity index is 2.04. The van der Waals surface area contributed by atoms with Gasteiger partial charge in [0.1, 0.15) is 17.6 Å². The Morgan fingerprint density at radius 2 is 1.92 bits per heavy atom. The summed E-state index contributed by atoms with van der Waals surface area (Å²) in [5.74, 6) is -0.223. The number of anilines is 3. The number of hydrogen-bond donors (Lipinski definition) is 4. The molecule has 0 saturated carbocycles. The van der Waals surface area contributed by atoms with E-state index in [1.165, 1.54) is 0 Å². The summed E-state index contributed by atoms with van der Waals surface area (Å²) in [5.41, 5.74) is 2.11. The fourth-order valence-corrected chi connectivity index (χ4v) is 2.38. The highest BCUT2D eigenvalue weighted by Crippen LogP contribution is 2.28. The van der Waals surface area contributed by atoms with Gasteiger partial charge in [-0.05, 0) is 43.7 Å². The fourth-order valence-electron chi connectivity index (χ4n) is 2.38. The third-order valence-corrected chi connectivity index (χ3v) is 3.73. The van der Waals surface area contributed by atoms with E-state index in [0.29, 0.717) is 17.0 Å². The van der Waals surface area contributed by atoms with Gasteiger partial charge in [0.2, 0.25) is 5.95 Å². The molecule has 7 heteroatoms. The average molecular weight is 338 g/mol. The Morgan fingerprint density at radius 3 is 2.68 bits per heavy atom. The highest BCUT2D eigenvalue weighted by atomic mass is 16.4. The zero-order valence-electron chi connectivity index (χ0n) is 13.8. The molecule has 0 bridgehead atoms. The van der Waals surface area contributed by atoms with E-state index in [0.717, 1.165) is 10.9 Å². The van der Waals surface area contributed by atoms with Gasteiger partial charge in [0.25, 0.3) is 0 Å². The lowest BCUT2D eigenvalue weighted by molar-refractivity contribution is -0.137. The first-order chi connectivity index (χ1) is 11.9. The van der Waals surface area contributed by atoms with Crippen LogP contribution in [0.1, 0.15) is 12.5 Å². The fraction of sp³-hybridized carbons (Fsp3) is 0.167. The number of phenols is 1. The quantitative estimate of drug-likeness (QED) is 0.529. The number of rotatable bonds is 5. The van der Waals surface area contributed by atoms with Crippen LogP contribution in [0, 0.1) is 6.92 Å². The van der Waals surface area contributed by atoms with Gasteiger partial charge in [-0.1, -0.05) is 18.2 Å². The van der Waals surface area contributed by atoms with Crippen LogP contribution in [0.15, 0.2) is 42.5 Å². The van der Waals surface area contributed by atoms with E-state index in [9.17, 15) is 9.90 Å². The zero-order chi connectivity index (χ0) is 18.0. The maximum Gasteiger partial charge on any atom is 0.325 e. The lowest BCUT2D eigenvalue weighted by Gasteiger charge is -2.14. The molecule has 1 atom stereocenters. The van der Waals surface area contributed by atoms with Crippen LogP contribution in [0.3, 0.4) is 0 Å². The lowest BCUT2D eigenvalue weighted by Crippen LogP contribution is -2.26. The van der Waals surface area contributed by atoms with Crippen molar-refractivity contribution in [2.45, 2.75) is 19.9 Å². The molecule has 0 amide bonds. The minimum atomic E-state index is -0.978. The molecule has 1 unspecified atom stereocenters. The van der Waals surface area contributed by atoms with Gasteiger partial charge < -0.3 is 20.8 Å². The van der Waals surface area contributed by atoms with E-state index in [4.69, 9.17) is 5.11 Å². The molecular weight excluding hydrogens is 320 g/mol. The molecule has 0 saturated heterocycles. The van der Waals surface area contributed by atoms with Gasteiger partial charge in [-0.25, -0.2) is 4.98 Å². The molecule has 1 aromatic heterocycles. The number of fused-ring (bicyclic) bond motifs is 1. The van der Waals surface area contributed by atoms with E-state index in [1.54, 1.807) is 25.1 Å². The molecule has 7 nitrogen and oxygen atoms in total. The molecule has 4 N–H and O–H groups in total. The number of para-hydroxylation sites is 1. The third-order valence-electron chi connectivity index (χ3n) is 3.73. The Hall–Kier alpha value is -3.35. The maximum atomic E-state index is 11.1. The van der Waals surface area contributed by atoms with Crippen LogP contribution in [-0.2, 0) is 4.79 Å². The molecule has 0 aliphatic rings. The van der Waals surface area contributed by atoms with Crippen molar-refractivity contribution < 1.29 is 15.0 Å². The lowest BCUT2D eigenvalue weighted by atomic mass is 10.2. The van der Waals surface area contributed by atoms with Crippen LogP contribution in [0.25, 0.3) is 10.9 Å². The molecule has 0 aliphatic heterocycles. The van der Waals surface area contributed by atoms with Crippen molar-refractivity contribution in [2.75, 3.05) is 10.6 Å². The number of nitrogens with zero attached hydrogens (tertiary/aromatic N) is 2. The van der Waals surface area contributed by atoms with E-state index >= 15 is 0 Å². The number of carboxylic acid groups (broad SMARTS) is 1. The van der Waals surface area contributed by atoms with Crippen LogP contribution >= 0.6 is 0 Å². The van der Waals surface area contributed by atoms with E-state index in [1.807, 2.05) is 31.2 Å². The molecule has 0 radical (unpaired) electrons. The number of aromatic nitrogens is 2. The monoisotopic (exact) mass is 338 g/mol. The largest absolute Gasteiger partial charge is 0.506 e. The molecule has 25 heavy (non-hydrogen) atoms. The van der Waals surface area contributed by atoms with E-state index in [2.05, 4.69) is 20.6 Å². The van der Waals surface area contributed by atoms with Crippen LogP contribution in [-0.4, -0.2) is 32.2 Å². The standard InChI is InChI=1S/C18H18N4O3/c1-10-7-8-15(23)14(9-10)21-18-20-13-6-4-3-5-12(13)16(22-18)19-11(2)17(24)25/h3-9,11,23H,1-2H3,(H,24,25)(H2,19,20,21,22).